The van der Waals surface area contributed by atoms with Crippen LogP contribution in [0.4, 0.5) is 0 Å². The number of hydrogen-bond acceptors (Lipinski definition) is 13. The first-order valence-corrected chi connectivity index (χ1v) is 16.7. The third-order valence-electron chi connectivity index (χ3n) is 8.80. The number of nitrogens with zero attached hydrogens (tertiary/aromatic N) is 4. The number of likely N-dealkylation sites (tertiary alicyclic amines) is 2. The van der Waals surface area contributed by atoms with Crippen LogP contribution < -0.4 is 9.47 Å². The van der Waals surface area contributed by atoms with Crippen molar-refractivity contribution < 1.29 is 67.3 Å². The number of hydrogen-bond donors (Lipinski definition) is 1. The van der Waals surface area contributed by atoms with E-state index in [4.69, 9.17) is 19.3 Å². The third-order valence-corrected chi connectivity index (χ3v) is 8.80. The largest absolute Gasteiger partial charge is 0.481 e. The Morgan fingerprint density at radius 2 is 1.07 bits per heavy atom. The van der Waals surface area contributed by atoms with Crippen LogP contribution in [0.1, 0.15) is 87.9 Å². The summed E-state index contributed by atoms with van der Waals surface area (Å²) in [6.45, 7) is 4.04. The fraction of sp³-hybridized carbons (Fsp3) is 0.389. The maximum Gasteiger partial charge on any atom is 0.344 e. The molecule has 6 rings (SSSR count). The predicted octanol–water partition coefficient (Wildman–Crippen LogP) is 1.04. The van der Waals surface area contributed by atoms with E-state index < -0.39 is 78.3 Å². The van der Waals surface area contributed by atoms with Gasteiger partial charge < -0.3 is 19.3 Å². The second-order valence-electron chi connectivity index (χ2n) is 13.6. The Labute approximate surface area is 307 Å². The highest BCUT2D eigenvalue weighted by Crippen LogP contribution is 2.36. The quantitative estimate of drug-likeness (QED) is 0.294. The van der Waals surface area contributed by atoms with Gasteiger partial charge in [-0.3, -0.25) is 58.0 Å². The normalized spacial score (nSPS) is 19.8. The Bertz CT molecular complexity index is 2020. The van der Waals surface area contributed by atoms with Gasteiger partial charge in [0.2, 0.25) is 11.8 Å². The molecule has 18 nitrogen and oxygen atoms in total. The van der Waals surface area contributed by atoms with Gasteiger partial charge in [-0.15, -0.1) is 0 Å². The van der Waals surface area contributed by atoms with Crippen molar-refractivity contribution in [3.63, 3.8) is 0 Å². The molecule has 2 aromatic carbocycles. The van der Waals surface area contributed by atoms with E-state index in [0.29, 0.717) is 0 Å². The molecular formula is C36H36N4O14. The number of fused-ring (bicyclic) bond motifs is 2. The Hall–Kier alpha value is -6.46. The van der Waals surface area contributed by atoms with Crippen molar-refractivity contribution >= 4 is 59.2 Å². The van der Waals surface area contributed by atoms with Gasteiger partial charge in [-0.1, -0.05) is 12.1 Å². The van der Waals surface area contributed by atoms with Crippen molar-refractivity contribution in [2.75, 3.05) is 27.3 Å². The van der Waals surface area contributed by atoms with E-state index in [1.165, 1.54) is 50.5 Å². The molecule has 4 aliphatic heterocycles. The van der Waals surface area contributed by atoms with Crippen molar-refractivity contribution in [1.82, 2.24) is 19.6 Å². The molecular weight excluding hydrogens is 712 g/mol. The third kappa shape index (κ3) is 7.39. The summed E-state index contributed by atoms with van der Waals surface area (Å²) in [5.41, 5.74) is -0.634. The molecule has 0 aliphatic carbocycles. The molecule has 0 radical (unpaired) electrons. The number of likely N-dealkylation sites (N-methyl/N-ethyl adjacent to an activating group) is 2. The number of piperidine rings is 2. The molecule has 2 saturated heterocycles. The molecule has 284 valence electrons. The topological polar surface area (TPSA) is 232 Å². The summed E-state index contributed by atoms with van der Waals surface area (Å²) in [5.74, 6) is -6.50. The number of benzene rings is 2. The molecule has 54 heavy (non-hydrogen) atoms. The van der Waals surface area contributed by atoms with Crippen LogP contribution in [-0.4, -0.2) is 129 Å². The van der Waals surface area contributed by atoms with Gasteiger partial charge in [-0.25, -0.2) is 9.59 Å². The molecule has 0 aromatic heterocycles. The minimum absolute atomic E-state index is 0.00610. The lowest BCUT2D eigenvalue weighted by atomic mass is 10.0. The smallest absolute Gasteiger partial charge is 0.344 e. The Morgan fingerprint density at radius 1 is 0.667 bits per heavy atom. The summed E-state index contributed by atoms with van der Waals surface area (Å²) in [6.07, 6.45) is 0.228. The molecule has 18 heteroatoms. The standard InChI is InChI=1S/C20H22N2O7.C16H14N2O7/c1-20(2,3)29-15(24)10-28-13-7-5-6-11-16(13)19(27)22(17(11)25)12-8-9-14(23)21(4)18(12)26;1-17-11(19)6-5-9(15(17)23)18-14(22)8-3-2-4-10(13(8)16(18)24)25-7-12(20)21/h5-7,12H,8-10H2,1-4H3;2-4,9H,5-7H2,1H3,(H,20,21). The Kier molecular flexibility index (Phi) is 10.7. The lowest BCUT2D eigenvalue weighted by Gasteiger charge is -2.32. The molecule has 2 aromatic rings. The van der Waals surface area contributed by atoms with Crippen LogP contribution in [0.15, 0.2) is 36.4 Å². The first-order chi connectivity index (χ1) is 25.3. The number of imide groups is 4. The average molecular weight is 749 g/mol. The summed E-state index contributed by atoms with van der Waals surface area (Å²) >= 11 is 0. The number of carboxylic acid groups (broad SMARTS) is 1. The summed E-state index contributed by atoms with van der Waals surface area (Å²) in [4.78, 5) is 125. The second-order valence-corrected chi connectivity index (χ2v) is 13.6. The van der Waals surface area contributed by atoms with Crippen molar-refractivity contribution in [1.29, 1.82) is 0 Å². The molecule has 0 spiro atoms. The highest BCUT2D eigenvalue weighted by molar-refractivity contribution is 6.25. The fourth-order valence-corrected chi connectivity index (χ4v) is 6.27. The molecule has 2 atom stereocenters. The number of carbonyl (C=O) groups excluding carboxylic acids is 9. The summed E-state index contributed by atoms with van der Waals surface area (Å²) < 4.78 is 15.7. The van der Waals surface area contributed by atoms with Crippen molar-refractivity contribution in [2.45, 2.75) is 64.1 Å². The summed E-state index contributed by atoms with van der Waals surface area (Å²) in [7, 11) is 2.63. The van der Waals surface area contributed by atoms with E-state index in [2.05, 4.69) is 0 Å². The Balaban J connectivity index is 0.000000210. The fourth-order valence-electron chi connectivity index (χ4n) is 6.27. The minimum atomic E-state index is -1.23. The van der Waals surface area contributed by atoms with Gasteiger partial charge in [0, 0.05) is 26.9 Å². The lowest BCUT2D eigenvalue weighted by Crippen LogP contribution is -2.54. The number of amides is 8. The molecule has 4 aliphatic rings. The van der Waals surface area contributed by atoms with Crippen LogP contribution in [0.3, 0.4) is 0 Å². The Morgan fingerprint density at radius 3 is 1.46 bits per heavy atom. The SMILES string of the molecule is CN1C(=O)CCC(N2C(=O)c3cccc(OCC(=O)O)c3C2=O)C1=O.CN1C(=O)CCC(N2C(=O)c3cccc(OCC(=O)OC(C)(C)C)c3C2=O)C1=O. The molecule has 2 unspecified atom stereocenters. The van der Waals surface area contributed by atoms with Gasteiger partial charge in [0.25, 0.3) is 35.4 Å². The number of esters is 1. The number of rotatable bonds is 8. The van der Waals surface area contributed by atoms with E-state index in [9.17, 15) is 47.9 Å². The maximum absolute atomic E-state index is 13.0. The molecule has 4 heterocycles. The van der Waals surface area contributed by atoms with Gasteiger partial charge in [0.05, 0.1) is 22.3 Å². The first kappa shape index (κ1) is 38.8. The van der Waals surface area contributed by atoms with E-state index in [0.717, 1.165) is 19.6 Å². The van der Waals surface area contributed by atoms with Crippen molar-refractivity contribution in [3.8, 4) is 11.5 Å². The molecule has 0 bridgehead atoms. The molecule has 0 saturated carbocycles. The minimum Gasteiger partial charge on any atom is -0.481 e. The highest BCUT2D eigenvalue weighted by Gasteiger charge is 2.49. The van der Waals surface area contributed by atoms with Gasteiger partial charge in [0.1, 0.15) is 29.2 Å². The van der Waals surface area contributed by atoms with E-state index >= 15 is 0 Å². The van der Waals surface area contributed by atoms with E-state index in [1.807, 2.05) is 0 Å². The maximum atomic E-state index is 13.0. The zero-order valence-electron chi connectivity index (χ0n) is 29.9. The number of aliphatic carboxylic acids is 1. The molecule has 1 N–H and O–H groups in total. The summed E-state index contributed by atoms with van der Waals surface area (Å²) in [5, 5.41) is 8.72. The highest BCUT2D eigenvalue weighted by atomic mass is 16.6. The predicted molar refractivity (Wildman–Crippen MR) is 180 cm³/mol. The second kappa shape index (κ2) is 14.9. The van der Waals surface area contributed by atoms with Gasteiger partial charge in [-0.05, 0) is 57.9 Å². The zero-order valence-corrected chi connectivity index (χ0v) is 29.9. The van der Waals surface area contributed by atoms with Crippen molar-refractivity contribution in [3.05, 3.63) is 58.7 Å². The summed E-state index contributed by atoms with van der Waals surface area (Å²) in [6, 6.07) is 6.58. The molecule has 2 fully saturated rings. The number of carboxylic acids is 1. The number of carbonyl (C=O) groups is 10. The van der Waals surface area contributed by atoms with Gasteiger partial charge >= 0.3 is 11.9 Å². The van der Waals surface area contributed by atoms with Crippen LogP contribution in [0.25, 0.3) is 0 Å². The van der Waals surface area contributed by atoms with Crippen molar-refractivity contribution in [2.24, 2.45) is 0 Å². The van der Waals surface area contributed by atoms with Gasteiger partial charge in [0.15, 0.2) is 13.2 Å². The van der Waals surface area contributed by atoms with Gasteiger partial charge in [-0.2, -0.15) is 0 Å². The van der Waals surface area contributed by atoms with E-state index in [-0.39, 0.29) is 71.3 Å². The van der Waals surface area contributed by atoms with Crippen LogP contribution in [-0.2, 0) is 33.5 Å². The lowest BCUT2D eigenvalue weighted by molar-refractivity contribution is -0.157. The van der Waals surface area contributed by atoms with Crippen LogP contribution in [0.5, 0.6) is 11.5 Å². The number of ether oxygens (including phenoxy) is 3. The van der Waals surface area contributed by atoms with Crippen LogP contribution >= 0.6 is 0 Å². The first-order valence-electron chi connectivity index (χ1n) is 16.7. The average Bonchev–Trinajstić information content (AvgIpc) is 3.52. The van der Waals surface area contributed by atoms with Crippen LogP contribution in [0.2, 0.25) is 0 Å². The monoisotopic (exact) mass is 748 g/mol. The molecule has 8 amide bonds. The zero-order chi connectivity index (χ0) is 39.8. The van der Waals surface area contributed by atoms with Crippen LogP contribution in [0, 0.1) is 0 Å². The van der Waals surface area contributed by atoms with E-state index in [1.54, 1.807) is 20.8 Å².